The lowest BCUT2D eigenvalue weighted by Gasteiger charge is -2.27. The molecule has 1 aromatic heterocycles. The van der Waals surface area contributed by atoms with Gasteiger partial charge in [0.25, 0.3) is 0 Å². The van der Waals surface area contributed by atoms with Crippen LogP contribution >= 0.6 is 0 Å². The average molecular weight is 290 g/mol. The van der Waals surface area contributed by atoms with E-state index in [0.29, 0.717) is 0 Å². The number of rotatable bonds is 1. The minimum Gasteiger partial charge on any atom is -0.475 e. The summed E-state index contributed by atoms with van der Waals surface area (Å²) >= 11 is 0. The Bertz CT molecular complexity index is 443. The Labute approximate surface area is 115 Å². The zero-order valence-electron chi connectivity index (χ0n) is 11.2. The molecule has 1 saturated heterocycles. The summed E-state index contributed by atoms with van der Waals surface area (Å²) in [5, 5.41) is 7.12. The van der Waals surface area contributed by atoms with Crippen molar-refractivity contribution in [2.24, 2.45) is 0 Å². The predicted molar refractivity (Wildman–Crippen MR) is 68.7 cm³/mol. The summed E-state index contributed by atoms with van der Waals surface area (Å²) in [4.78, 5) is 15.7. The van der Waals surface area contributed by atoms with Gasteiger partial charge in [-0.1, -0.05) is 0 Å². The van der Waals surface area contributed by atoms with Crippen LogP contribution in [0, 0.1) is 6.92 Å². The van der Waals surface area contributed by atoms with Crippen molar-refractivity contribution in [3.63, 3.8) is 0 Å². The Morgan fingerprint density at radius 1 is 1.30 bits per heavy atom. The minimum absolute atomic E-state index is 1.15. The number of anilines is 1. The normalized spacial score (nSPS) is 15.3. The van der Waals surface area contributed by atoms with Gasteiger partial charge in [-0.05, 0) is 43.9 Å². The zero-order chi connectivity index (χ0) is 15.2. The van der Waals surface area contributed by atoms with Gasteiger partial charge < -0.3 is 10.0 Å². The molecule has 0 unspecified atom stereocenters. The fourth-order valence-corrected chi connectivity index (χ4v) is 1.82. The van der Waals surface area contributed by atoms with Crippen molar-refractivity contribution in [2.45, 2.75) is 32.4 Å². The molecule has 1 aliphatic heterocycles. The maximum atomic E-state index is 10.6. The number of alkyl halides is 3. The molecule has 1 N–H and O–H groups in total. The molecule has 0 amide bonds. The molecular weight excluding hydrogens is 273 g/mol. The molecule has 4 nitrogen and oxygen atoms in total. The first-order chi connectivity index (χ1) is 9.30. The maximum absolute atomic E-state index is 10.6. The Kier molecular flexibility index (Phi) is 5.79. The molecule has 0 aliphatic carbocycles. The van der Waals surface area contributed by atoms with Gasteiger partial charge in [-0.2, -0.15) is 13.2 Å². The largest absolute Gasteiger partial charge is 0.490 e. The van der Waals surface area contributed by atoms with Crippen LogP contribution in [0.2, 0.25) is 0 Å². The van der Waals surface area contributed by atoms with Crippen molar-refractivity contribution >= 4 is 11.8 Å². The third-order valence-corrected chi connectivity index (χ3v) is 2.82. The second-order valence-corrected chi connectivity index (χ2v) is 4.54. The second kappa shape index (κ2) is 7.12. The van der Waals surface area contributed by atoms with Crippen LogP contribution in [0.15, 0.2) is 18.3 Å². The number of hydrogen-bond donors (Lipinski definition) is 1. The number of aromatic nitrogens is 1. The Hall–Kier alpha value is -1.79. The molecule has 1 aromatic rings. The summed E-state index contributed by atoms with van der Waals surface area (Å²) < 4.78 is 31.7. The highest BCUT2D eigenvalue weighted by Gasteiger charge is 2.38. The van der Waals surface area contributed by atoms with Crippen LogP contribution < -0.4 is 4.90 Å². The summed E-state index contributed by atoms with van der Waals surface area (Å²) in [6.45, 7) is 4.47. The SMILES string of the molecule is Cc1ccnc(N2CCCCC2)c1.O=C(O)C(F)(F)F. The molecule has 2 rings (SSSR count). The quantitative estimate of drug-likeness (QED) is 0.864. The highest BCUT2D eigenvalue weighted by atomic mass is 19.4. The van der Waals surface area contributed by atoms with E-state index in [1.165, 1.54) is 37.9 Å². The molecule has 1 aliphatic rings. The molecule has 0 atom stereocenters. The van der Waals surface area contributed by atoms with Gasteiger partial charge in [0.1, 0.15) is 5.82 Å². The molecule has 112 valence electrons. The monoisotopic (exact) mass is 290 g/mol. The highest BCUT2D eigenvalue weighted by Crippen LogP contribution is 2.17. The lowest BCUT2D eigenvalue weighted by molar-refractivity contribution is -0.192. The molecule has 1 fully saturated rings. The molecule has 0 radical (unpaired) electrons. The fourth-order valence-electron chi connectivity index (χ4n) is 1.82. The van der Waals surface area contributed by atoms with E-state index in [4.69, 9.17) is 9.90 Å². The first-order valence-electron chi connectivity index (χ1n) is 6.28. The van der Waals surface area contributed by atoms with Crippen LogP contribution in [0.3, 0.4) is 0 Å². The molecule has 0 saturated carbocycles. The number of nitrogens with zero attached hydrogens (tertiary/aromatic N) is 2. The van der Waals surface area contributed by atoms with Crippen molar-refractivity contribution in [3.05, 3.63) is 23.9 Å². The van der Waals surface area contributed by atoms with Crippen LogP contribution in [0.4, 0.5) is 19.0 Å². The third-order valence-electron chi connectivity index (χ3n) is 2.82. The van der Waals surface area contributed by atoms with Gasteiger partial charge in [0, 0.05) is 19.3 Å². The van der Waals surface area contributed by atoms with Gasteiger partial charge in [-0.15, -0.1) is 0 Å². The van der Waals surface area contributed by atoms with E-state index in [2.05, 4.69) is 22.9 Å². The zero-order valence-corrected chi connectivity index (χ0v) is 11.2. The van der Waals surface area contributed by atoms with Crippen molar-refractivity contribution in [1.82, 2.24) is 4.98 Å². The summed E-state index contributed by atoms with van der Waals surface area (Å²) in [7, 11) is 0. The predicted octanol–water partition coefficient (Wildman–Crippen LogP) is 3.01. The van der Waals surface area contributed by atoms with Crippen LogP contribution in [0.1, 0.15) is 24.8 Å². The number of carboxylic acids is 1. The average Bonchev–Trinajstić information content (AvgIpc) is 2.39. The van der Waals surface area contributed by atoms with Gasteiger partial charge in [-0.25, -0.2) is 9.78 Å². The Morgan fingerprint density at radius 2 is 1.85 bits per heavy atom. The second-order valence-electron chi connectivity index (χ2n) is 4.54. The third kappa shape index (κ3) is 5.46. The number of halogens is 3. The fraction of sp³-hybridized carbons (Fsp3) is 0.538. The Morgan fingerprint density at radius 3 is 2.30 bits per heavy atom. The molecule has 2 heterocycles. The van der Waals surface area contributed by atoms with E-state index >= 15 is 0 Å². The highest BCUT2D eigenvalue weighted by molar-refractivity contribution is 5.73. The first kappa shape index (κ1) is 16.3. The number of aliphatic carboxylic acids is 1. The van der Waals surface area contributed by atoms with Gasteiger partial charge in [0.05, 0.1) is 0 Å². The number of carboxylic acid groups (broad SMARTS) is 1. The lowest BCUT2D eigenvalue weighted by atomic mass is 10.1. The molecule has 7 heteroatoms. The smallest absolute Gasteiger partial charge is 0.475 e. The molecule has 20 heavy (non-hydrogen) atoms. The topological polar surface area (TPSA) is 53.4 Å². The summed E-state index contributed by atoms with van der Waals surface area (Å²) in [5.41, 5.74) is 1.30. The maximum Gasteiger partial charge on any atom is 0.490 e. The van der Waals surface area contributed by atoms with E-state index < -0.39 is 12.1 Å². The van der Waals surface area contributed by atoms with Gasteiger partial charge >= 0.3 is 12.1 Å². The van der Waals surface area contributed by atoms with Crippen molar-refractivity contribution in [1.29, 1.82) is 0 Å². The van der Waals surface area contributed by atoms with Crippen LogP contribution in [0.5, 0.6) is 0 Å². The Balaban J connectivity index is 0.000000246. The summed E-state index contributed by atoms with van der Waals surface area (Å²) in [5.74, 6) is -1.60. The first-order valence-corrected chi connectivity index (χ1v) is 6.28. The van der Waals surface area contributed by atoms with Crippen molar-refractivity contribution < 1.29 is 23.1 Å². The molecular formula is C13H17F3N2O2. The molecule has 0 spiro atoms. The van der Waals surface area contributed by atoms with Gasteiger partial charge in [-0.3, -0.25) is 0 Å². The van der Waals surface area contributed by atoms with E-state index in [1.807, 2.05) is 12.3 Å². The number of pyridine rings is 1. The van der Waals surface area contributed by atoms with E-state index in [1.54, 1.807) is 0 Å². The van der Waals surface area contributed by atoms with E-state index in [9.17, 15) is 13.2 Å². The van der Waals surface area contributed by atoms with Gasteiger partial charge in [0.2, 0.25) is 0 Å². The van der Waals surface area contributed by atoms with Crippen LogP contribution in [-0.4, -0.2) is 35.3 Å². The number of carbonyl (C=O) groups is 1. The number of hydrogen-bond acceptors (Lipinski definition) is 3. The summed E-state index contributed by atoms with van der Waals surface area (Å²) in [6.07, 6.45) is 0.826. The van der Waals surface area contributed by atoms with E-state index in [0.717, 1.165) is 5.82 Å². The van der Waals surface area contributed by atoms with Crippen LogP contribution in [-0.2, 0) is 4.79 Å². The summed E-state index contributed by atoms with van der Waals surface area (Å²) in [6, 6.07) is 4.22. The van der Waals surface area contributed by atoms with Crippen molar-refractivity contribution in [2.75, 3.05) is 18.0 Å². The molecule has 0 aromatic carbocycles. The van der Waals surface area contributed by atoms with Crippen molar-refractivity contribution in [3.8, 4) is 0 Å². The molecule has 0 bridgehead atoms. The lowest BCUT2D eigenvalue weighted by Crippen LogP contribution is -2.30. The minimum atomic E-state index is -5.08. The van der Waals surface area contributed by atoms with Crippen LogP contribution in [0.25, 0.3) is 0 Å². The number of aryl methyl sites for hydroxylation is 1. The number of piperidine rings is 1. The van der Waals surface area contributed by atoms with E-state index in [-0.39, 0.29) is 0 Å². The standard InChI is InChI=1S/C11H16N2.C2HF3O2/c1-10-5-6-12-11(9-10)13-7-3-2-4-8-13;3-2(4,5)1(6)7/h5-6,9H,2-4,7-8H2,1H3;(H,6,7). The van der Waals surface area contributed by atoms with Gasteiger partial charge in [0.15, 0.2) is 0 Å².